The molecule has 0 aromatic heterocycles. The second kappa shape index (κ2) is 10.4. The lowest BCUT2D eigenvalue weighted by molar-refractivity contribution is -0.298. The van der Waals surface area contributed by atoms with Crippen molar-refractivity contribution in [1.82, 2.24) is 5.06 Å². The Hall–Kier alpha value is -1.59. The SMILES string of the molecule is CCCCCCCCOc1ccc(C(=O)OC2CC(C)(C)N([O])C(C)(C)C2)cc1. The number of esters is 1. The monoisotopic (exact) mass is 404 g/mol. The molecule has 1 saturated heterocycles. The fraction of sp³-hybridized carbons (Fsp3) is 0.708. The molecule has 1 radical (unpaired) electrons. The largest absolute Gasteiger partial charge is 0.494 e. The van der Waals surface area contributed by atoms with Gasteiger partial charge in [-0.3, -0.25) is 0 Å². The molecule has 163 valence electrons. The molecular weight excluding hydrogens is 366 g/mol. The van der Waals surface area contributed by atoms with Gasteiger partial charge in [0.2, 0.25) is 0 Å². The van der Waals surface area contributed by atoms with Crippen LogP contribution in [0.5, 0.6) is 5.75 Å². The van der Waals surface area contributed by atoms with Crippen LogP contribution in [-0.2, 0) is 9.94 Å². The van der Waals surface area contributed by atoms with E-state index in [1.165, 1.54) is 32.1 Å². The Bertz CT molecular complexity index is 621. The van der Waals surface area contributed by atoms with E-state index >= 15 is 0 Å². The summed E-state index contributed by atoms with van der Waals surface area (Å²) in [5, 5.41) is 13.6. The number of benzene rings is 1. The third kappa shape index (κ3) is 7.00. The molecule has 0 N–H and O–H groups in total. The highest BCUT2D eigenvalue weighted by molar-refractivity contribution is 5.89. The predicted molar refractivity (Wildman–Crippen MR) is 114 cm³/mol. The van der Waals surface area contributed by atoms with Crippen molar-refractivity contribution in [3.05, 3.63) is 29.8 Å². The summed E-state index contributed by atoms with van der Waals surface area (Å²) in [5.74, 6) is 0.431. The second-order valence-electron chi connectivity index (χ2n) is 9.50. The van der Waals surface area contributed by atoms with E-state index in [2.05, 4.69) is 6.92 Å². The van der Waals surface area contributed by atoms with Crippen molar-refractivity contribution in [2.45, 2.75) is 103 Å². The molecule has 0 bridgehead atoms. The van der Waals surface area contributed by atoms with Crippen LogP contribution in [0.4, 0.5) is 0 Å². The Morgan fingerprint density at radius 3 is 2.10 bits per heavy atom. The number of hydrogen-bond donors (Lipinski definition) is 0. The lowest BCUT2D eigenvalue weighted by Crippen LogP contribution is -2.60. The lowest BCUT2D eigenvalue weighted by atomic mass is 9.80. The average molecular weight is 405 g/mol. The summed E-state index contributed by atoms with van der Waals surface area (Å²) in [6.07, 6.45) is 8.19. The van der Waals surface area contributed by atoms with E-state index in [1.54, 1.807) is 12.1 Å². The van der Waals surface area contributed by atoms with E-state index < -0.39 is 11.1 Å². The molecule has 5 nitrogen and oxygen atoms in total. The molecule has 29 heavy (non-hydrogen) atoms. The van der Waals surface area contributed by atoms with E-state index in [0.717, 1.165) is 17.2 Å². The topological polar surface area (TPSA) is 58.7 Å². The first-order valence-electron chi connectivity index (χ1n) is 11.1. The van der Waals surface area contributed by atoms with Crippen LogP contribution in [0.1, 0.15) is 96.3 Å². The van der Waals surface area contributed by atoms with Gasteiger partial charge in [-0.25, -0.2) is 4.79 Å². The van der Waals surface area contributed by atoms with Crippen LogP contribution < -0.4 is 4.74 Å². The molecule has 0 amide bonds. The van der Waals surface area contributed by atoms with Crippen molar-refractivity contribution in [2.24, 2.45) is 0 Å². The molecule has 1 aliphatic rings. The minimum atomic E-state index is -0.555. The van der Waals surface area contributed by atoms with E-state index in [1.807, 2.05) is 39.8 Å². The van der Waals surface area contributed by atoms with Gasteiger partial charge >= 0.3 is 5.97 Å². The molecule has 1 aliphatic heterocycles. The number of unbranched alkanes of at least 4 members (excludes halogenated alkanes) is 5. The normalized spacial score (nSPS) is 19.1. The van der Waals surface area contributed by atoms with Gasteiger partial charge in [-0.05, 0) is 58.4 Å². The molecule has 1 aromatic carbocycles. The maximum Gasteiger partial charge on any atom is 0.338 e. The third-order valence-electron chi connectivity index (χ3n) is 5.68. The Kier molecular flexibility index (Phi) is 8.53. The van der Waals surface area contributed by atoms with E-state index in [-0.39, 0.29) is 12.1 Å². The quantitative estimate of drug-likeness (QED) is 0.357. The van der Waals surface area contributed by atoms with Crippen LogP contribution in [0.25, 0.3) is 0 Å². The molecule has 2 rings (SSSR count). The Morgan fingerprint density at radius 2 is 1.52 bits per heavy atom. The first-order valence-corrected chi connectivity index (χ1v) is 11.1. The number of hydrogen-bond acceptors (Lipinski definition) is 4. The Balaban J connectivity index is 1.80. The molecule has 0 atom stereocenters. The van der Waals surface area contributed by atoms with E-state index in [0.29, 0.717) is 25.0 Å². The molecule has 0 unspecified atom stereocenters. The summed E-state index contributed by atoms with van der Waals surface area (Å²) in [5.41, 5.74) is -0.598. The van der Waals surface area contributed by atoms with Crippen molar-refractivity contribution < 1.29 is 19.5 Å². The summed E-state index contributed by atoms with van der Waals surface area (Å²) in [4.78, 5) is 12.6. The first-order chi connectivity index (χ1) is 13.7. The Labute approximate surface area is 176 Å². The fourth-order valence-electron chi connectivity index (χ4n) is 4.23. The number of nitrogens with zero attached hydrogens (tertiary/aromatic N) is 1. The standard InChI is InChI=1S/C24H38NO4/c1-6-7-8-9-10-11-16-28-20-14-12-19(13-15-20)22(26)29-21-17-23(2,3)25(27)24(4,5)18-21/h12-15,21H,6-11,16-18H2,1-5H3. The highest BCUT2D eigenvalue weighted by Gasteiger charge is 2.47. The Morgan fingerprint density at radius 1 is 0.966 bits per heavy atom. The van der Waals surface area contributed by atoms with Crippen LogP contribution >= 0.6 is 0 Å². The molecule has 5 heteroatoms. The maximum atomic E-state index is 12.6. The van der Waals surface area contributed by atoms with Crippen LogP contribution in [0.15, 0.2) is 24.3 Å². The molecule has 0 saturated carbocycles. The van der Waals surface area contributed by atoms with Crippen molar-refractivity contribution >= 4 is 5.97 Å². The number of carbonyl (C=O) groups excluding carboxylic acids is 1. The smallest absolute Gasteiger partial charge is 0.338 e. The molecule has 1 heterocycles. The predicted octanol–water partition coefficient (Wildman–Crippen LogP) is 5.95. The average Bonchev–Trinajstić information content (AvgIpc) is 2.65. The van der Waals surface area contributed by atoms with E-state index in [9.17, 15) is 10.0 Å². The minimum absolute atomic E-state index is 0.263. The zero-order chi connectivity index (χ0) is 21.5. The van der Waals surface area contributed by atoms with Crippen LogP contribution in [-0.4, -0.2) is 34.8 Å². The highest BCUT2D eigenvalue weighted by Crippen LogP contribution is 2.38. The lowest BCUT2D eigenvalue weighted by Gasteiger charge is -2.49. The molecule has 0 spiro atoms. The molecule has 1 aromatic rings. The van der Waals surface area contributed by atoms with Gasteiger partial charge in [-0.2, -0.15) is 0 Å². The number of piperidine rings is 1. The van der Waals surface area contributed by atoms with Crippen molar-refractivity contribution in [3.8, 4) is 5.75 Å². The molecular formula is C24H38NO4. The van der Waals surface area contributed by atoms with Gasteiger partial charge < -0.3 is 9.47 Å². The highest BCUT2D eigenvalue weighted by atomic mass is 16.5. The summed E-state index contributed by atoms with van der Waals surface area (Å²) in [7, 11) is 0. The van der Waals surface area contributed by atoms with Gasteiger partial charge in [-0.1, -0.05) is 39.0 Å². The first kappa shape index (κ1) is 23.7. The summed E-state index contributed by atoms with van der Waals surface area (Å²) >= 11 is 0. The maximum absolute atomic E-state index is 12.6. The zero-order valence-electron chi connectivity index (χ0n) is 18.8. The van der Waals surface area contributed by atoms with Gasteiger partial charge in [0.1, 0.15) is 11.9 Å². The summed E-state index contributed by atoms with van der Waals surface area (Å²) in [6.45, 7) is 10.5. The zero-order valence-corrected chi connectivity index (χ0v) is 18.8. The van der Waals surface area contributed by atoms with Crippen LogP contribution in [0.3, 0.4) is 0 Å². The molecule has 0 aliphatic carbocycles. The van der Waals surface area contributed by atoms with E-state index in [4.69, 9.17) is 9.47 Å². The minimum Gasteiger partial charge on any atom is -0.494 e. The van der Waals surface area contributed by atoms with Crippen molar-refractivity contribution in [1.29, 1.82) is 0 Å². The second-order valence-corrected chi connectivity index (χ2v) is 9.50. The number of hydroxylamine groups is 2. The fourth-order valence-corrected chi connectivity index (χ4v) is 4.23. The van der Waals surface area contributed by atoms with Crippen LogP contribution in [0, 0.1) is 0 Å². The summed E-state index contributed by atoms with van der Waals surface area (Å²) < 4.78 is 11.5. The van der Waals surface area contributed by atoms with Gasteiger partial charge in [0, 0.05) is 23.9 Å². The van der Waals surface area contributed by atoms with Crippen molar-refractivity contribution in [2.75, 3.05) is 6.61 Å². The van der Waals surface area contributed by atoms with Gasteiger partial charge in [0.25, 0.3) is 0 Å². The van der Waals surface area contributed by atoms with Gasteiger partial charge in [0.15, 0.2) is 0 Å². The van der Waals surface area contributed by atoms with Crippen molar-refractivity contribution in [3.63, 3.8) is 0 Å². The van der Waals surface area contributed by atoms with Crippen LogP contribution in [0.2, 0.25) is 0 Å². The number of ether oxygens (including phenoxy) is 2. The third-order valence-corrected chi connectivity index (χ3v) is 5.68. The number of carbonyl (C=O) groups is 1. The molecule has 1 fully saturated rings. The van der Waals surface area contributed by atoms with Gasteiger partial charge in [-0.15, -0.1) is 10.3 Å². The van der Waals surface area contributed by atoms with Gasteiger partial charge in [0.05, 0.1) is 12.2 Å². The summed E-state index contributed by atoms with van der Waals surface area (Å²) in [6, 6.07) is 7.14. The number of rotatable bonds is 10.